The zero-order valence-electron chi connectivity index (χ0n) is 10.8. The first-order chi connectivity index (χ1) is 8.78. The van der Waals surface area contributed by atoms with Crippen LogP contribution in [-0.2, 0) is 0 Å². The lowest BCUT2D eigenvalue weighted by Gasteiger charge is -2.25. The number of thiazole rings is 1. The Balaban J connectivity index is 1.80. The molecule has 0 saturated carbocycles. The van der Waals surface area contributed by atoms with Gasteiger partial charge in [0.15, 0.2) is 11.4 Å². The number of carbonyl (C=O) groups is 1. The zero-order chi connectivity index (χ0) is 12.5. The van der Waals surface area contributed by atoms with Crippen molar-refractivity contribution in [3.8, 4) is 0 Å². The Labute approximate surface area is 112 Å². The summed E-state index contributed by atoms with van der Waals surface area (Å²) in [7, 11) is 0. The van der Waals surface area contributed by atoms with Crippen LogP contribution in [0.5, 0.6) is 0 Å². The maximum Gasteiger partial charge on any atom is 0.186 e. The second-order valence-electron chi connectivity index (χ2n) is 5.20. The minimum atomic E-state index is 0.691. The van der Waals surface area contributed by atoms with E-state index in [4.69, 9.17) is 0 Å². The van der Waals surface area contributed by atoms with E-state index < -0.39 is 0 Å². The largest absolute Gasteiger partial charge is 0.346 e. The van der Waals surface area contributed by atoms with Crippen LogP contribution in [0.3, 0.4) is 0 Å². The van der Waals surface area contributed by atoms with E-state index in [0.29, 0.717) is 6.04 Å². The molecule has 3 rings (SSSR count). The van der Waals surface area contributed by atoms with Gasteiger partial charge in [-0.15, -0.1) is 0 Å². The van der Waals surface area contributed by atoms with Crippen molar-refractivity contribution in [3.63, 3.8) is 0 Å². The Morgan fingerprint density at radius 3 is 2.94 bits per heavy atom. The van der Waals surface area contributed by atoms with E-state index in [2.05, 4.69) is 14.8 Å². The molecule has 1 aromatic rings. The van der Waals surface area contributed by atoms with E-state index in [1.807, 2.05) is 6.92 Å². The summed E-state index contributed by atoms with van der Waals surface area (Å²) >= 11 is 1.54. The van der Waals surface area contributed by atoms with Gasteiger partial charge >= 0.3 is 0 Å². The van der Waals surface area contributed by atoms with Crippen LogP contribution in [0.25, 0.3) is 0 Å². The van der Waals surface area contributed by atoms with Gasteiger partial charge in [0.1, 0.15) is 0 Å². The first-order valence-electron chi connectivity index (χ1n) is 6.69. The van der Waals surface area contributed by atoms with E-state index in [0.717, 1.165) is 35.1 Å². The molecule has 0 radical (unpaired) electrons. The smallest absolute Gasteiger partial charge is 0.186 e. The minimum absolute atomic E-state index is 0.691. The second kappa shape index (κ2) is 4.97. The van der Waals surface area contributed by atoms with Gasteiger partial charge in [0, 0.05) is 25.7 Å². The first kappa shape index (κ1) is 12.1. The molecule has 1 atom stereocenters. The predicted octanol–water partition coefficient (Wildman–Crippen LogP) is 1.94. The van der Waals surface area contributed by atoms with Gasteiger partial charge in [-0.05, 0) is 32.7 Å². The normalized spacial score (nSPS) is 24.9. The third-order valence-electron chi connectivity index (χ3n) is 4.00. The zero-order valence-corrected chi connectivity index (χ0v) is 11.6. The molecular weight excluding hydrogens is 246 g/mol. The molecule has 1 aromatic heterocycles. The van der Waals surface area contributed by atoms with Crippen LogP contribution in [0.2, 0.25) is 0 Å². The maximum absolute atomic E-state index is 10.9. The van der Waals surface area contributed by atoms with Crippen molar-refractivity contribution in [1.29, 1.82) is 0 Å². The summed E-state index contributed by atoms with van der Waals surface area (Å²) in [6.07, 6.45) is 4.76. The molecule has 2 aliphatic rings. The summed E-state index contributed by atoms with van der Waals surface area (Å²) in [5, 5.41) is 1.03. The number of fused-ring (bicyclic) bond motifs is 1. The summed E-state index contributed by atoms with van der Waals surface area (Å²) in [6, 6.07) is 0.691. The third-order valence-corrected chi connectivity index (χ3v) is 5.15. The van der Waals surface area contributed by atoms with Crippen LogP contribution in [-0.4, -0.2) is 48.4 Å². The van der Waals surface area contributed by atoms with E-state index in [9.17, 15) is 4.79 Å². The molecule has 0 aromatic carbocycles. The van der Waals surface area contributed by atoms with Crippen LogP contribution in [0.1, 0.15) is 34.6 Å². The van der Waals surface area contributed by atoms with Crippen molar-refractivity contribution < 1.29 is 4.79 Å². The Kier molecular flexibility index (Phi) is 3.35. The fourth-order valence-electron chi connectivity index (χ4n) is 3.02. The van der Waals surface area contributed by atoms with Crippen LogP contribution in [0, 0.1) is 6.92 Å². The van der Waals surface area contributed by atoms with Crippen molar-refractivity contribution in [1.82, 2.24) is 9.88 Å². The molecule has 0 N–H and O–H groups in total. The van der Waals surface area contributed by atoms with Crippen LogP contribution in [0.15, 0.2) is 0 Å². The number of anilines is 1. The number of carbonyl (C=O) groups excluding carboxylic acids is 1. The number of nitrogens with zero attached hydrogens (tertiary/aromatic N) is 3. The lowest BCUT2D eigenvalue weighted by atomic mass is 10.2. The monoisotopic (exact) mass is 265 g/mol. The molecule has 98 valence electrons. The average Bonchev–Trinajstić information content (AvgIpc) is 2.90. The third kappa shape index (κ3) is 2.17. The van der Waals surface area contributed by atoms with Crippen molar-refractivity contribution in [2.75, 3.05) is 31.1 Å². The maximum atomic E-state index is 10.9. The molecule has 0 aliphatic carbocycles. The van der Waals surface area contributed by atoms with Gasteiger partial charge in [-0.2, -0.15) is 0 Å². The van der Waals surface area contributed by atoms with Gasteiger partial charge in [0.05, 0.1) is 10.6 Å². The topological polar surface area (TPSA) is 36.4 Å². The number of aldehydes is 1. The summed E-state index contributed by atoms with van der Waals surface area (Å²) < 4.78 is 0. The quantitative estimate of drug-likeness (QED) is 0.766. The number of aromatic nitrogens is 1. The SMILES string of the molecule is Cc1nc(N2CCCN3CCCC3C2)sc1C=O. The standard InChI is InChI=1S/C13H19N3OS/c1-10-12(9-17)18-13(14-10)16-7-3-6-15-5-2-4-11(15)8-16/h9,11H,2-8H2,1H3. The molecule has 18 heavy (non-hydrogen) atoms. The highest BCUT2D eigenvalue weighted by molar-refractivity contribution is 7.17. The van der Waals surface area contributed by atoms with Crippen LogP contribution < -0.4 is 4.90 Å². The number of aryl methyl sites for hydroxylation is 1. The van der Waals surface area contributed by atoms with Gasteiger partial charge in [0.25, 0.3) is 0 Å². The highest BCUT2D eigenvalue weighted by atomic mass is 32.1. The average molecular weight is 265 g/mol. The molecule has 0 spiro atoms. The summed E-state index contributed by atoms with van der Waals surface area (Å²) in [5.74, 6) is 0. The molecular formula is C13H19N3OS. The first-order valence-corrected chi connectivity index (χ1v) is 7.51. The summed E-state index contributed by atoms with van der Waals surface area (Å²) in [6.45, 7) is 6.54. The summed E-state index contributed by atoms with van der Waals surface area (Å²) in [5.41, 5.74) is 0.873. The lowest BCUT2D eigenvalue weighted by molar-refractivity contribution is 0.112. The highest BCUT2D eigenvalue weighted by Gasteiger charge is 2.29. The fourth-order valence-corrected chi connectivity index (χ4v) is 3.93. The van der Waals surface area contributed by atoms with Crippen molar-refractivity contribution in [2.24, 2.45) is 0 Å². The molecule has 3 heterocycles. The van der Waals surface area contributed by atoms with E-state index >= 15 is 0 Å². The lowest BCUT2D eigenvalue weighted by Crippen LogP contribution is -2.36. The molecule has 0 amide bonds. The Morgan fingerprint density at radius 2 is 2.17 bits per heavy atom. The van der Waals surface area contributed by atoms with Crippen molar-refractivity contribution in [2.45, 2.75) is 32.2 Å². The molecule has 2 fully saturated rings. The Bertz CT molecular complexity index is 445. The molecule has 2 aliphatic heterocycles. The summed E-state index contributed by atoms with van der Waals surface area (Å²) in [4.78, 5) is 21.2. The predicted molar refractivity (Wildman–Crippen MR) is 73.7 cm³/mol. The van der Waals surface area contributed by atoms with Crippen LogP contribution in [0.4, 0.5) is 5.13 Å². The second-order valence-corrected chi connectivity index (χ2v) is 6.20. The van der Waals surface area contributed by atoms with E-state index in [-0.39, 0.29) is 0 Å². The number of hydrogen-bond donors (Lipinski definition) is 0. The van der Waals surface area contributed by atoms with Gasteiger partial charge in [-0.25, -0.2) is 4.98 Å². The van der Waals surface area contributed by atoms with Gasteiger partial charge in [0.2, 0.25) is 0 Å². The Hall–Kier alpha value is -0.940. The van der Waals surface area contributed by atoms with E-state index in [1.165, 1.54) is 43.7 Å². The van der Waals surface area contributed by atoms with Gasteiger partial charge in [-0.3, -0.25) is 9.69 Å². The fraction of sp³-hybridized carbons (Fsp3) is 0.692. The molecule has 2 saturated heterocycles. The van der Waals surface area contributed by atoms with Gasteiger partial charge in [-0.1, -0.05) is 11.3 Å². The van der Waals surface area contributed by atoms with E-state index in [1.54, 1.807) is 0 Å². The molecule has 1 unspecified atom stereocenters. The highest BCUT2D eigenvalue weighted by Crippen LogP contribution is 2.29. The molecule has 5 heteroatoms. The molecule has 0 bridgehead atoms. The molecule has 4 nitrogen and oxygen atoms in total. The van der Waals surface area contributed by atoms with Crippen molar-refractivity contribution in [3.05, 3.63) is 10.6 Å². The van der Waals surface area contributed by atoms with Gasteiger partial charge < -0.3 is 4.90 Å². The van der Waals surface area contributed by atoms with Crippen molar-refractivity contribution >= 4 is 22.8 Å². The Morgan fingerprint density at radius 1 is 1.33 bits per heavy atom. The number of hydrogen-bond acceptors (Lipinski definition) is 5. The van der Waals surface area contributed by atoms with Crippen LogP contribution >= 0.6 is 11.3 Å². The number of rotatable bonds is 2. The minimum Gasteiger partial charge on any atom is -0.346 e.